The maximum Gasteiger partial charge on any atom is 0.413 e. The molecule has 1 aromatic carbocycles. The van der Waals surface area contributed by atoms with Gasteiger partial charge < -0.3 is 14.4 Å². The number of nitro benzene ring substituents is 1. The molecule has 1 fully saturated rings. The van der Waals surface area contributed by atoms with Crippen molar-refractivity contribution in [2.45, 2.75) is 26.7 Å². The Bertz CT molecular complexity index is 766. The summed E-state index contributed by atoms with van der Waals surface area (Å²) in [6.07, 6.45) is 1.07. The van der Waals surface area contributed by atoms with Crippen molar-refractivity contribution >= 4 is 29.3 Å². The van der Waals surface area contributed by atoms with E-state index in [1.54, 1.807) is 6.92 Å². The minimum atomic E-state index is -0.945. The Morgan fingerprint density at radius 2 is 2.07 bits per heavy atom. The molecule has 1 N–H and O–H groups in total. The molecule has 10 heteroatoms. The van der Waals surface area contributed by atoms with E-state index in [1.165, 1.54) is 12.1 Å². The first-order chi connectivity index (χ1) is 13.3. The minimum absolute atomic E-state index is 0.0514. The van der Waals surface area contributed by atoms with Crippen molar-refractivity contribution in [3.05, 3.63) is 33.9 Å². The van der Waals surface area contributed by atoms with Crippen molar-refractivity contribution in [3.63, 3.8) is 0 Å². The van der Waals surface area contributed by atoms with Gasteiger partial charge in [-0.2, -0.15) is 0 Å². The monoisotopic (exact) mass is 393 g/mol. The van der Waals surface area contributed by atoms with Crippen molar-refractivity contribution < 1.29 is 28.8 Å². The number of esters is 1. The van der Waals surface area contributed by atoms with Crippen LogP contribution in [-0.2, 0) is 14.3 Å². The zero-order chi connectivity index (χ0) is 20.7. The first-order valence-electron chi connectivity index (χ1n) is 8.99. The Kier molecular flexibility index (Phi) is 7.30. The van der Waals surface area contributed by atoms with Crippen LogP contribution in [0.4, 0.5) is 16.2 Å². The van der Waals surface area contributed by atoms with Gasteiger partial charge in [0.25, 0.3) is 11.6 Å². The van der Waals surface area contributed by atoms with Crippen molar-refractivity contribution in [1.82, 2.24) is 5.32 Å². The van der Waals surface area contributed by atoms with Crippen LogP contribution >= 0.6 is 0 Å². The van der Waals surface area contributed by atoms with E-state index in [-0.39, 0.29) is 17.9 Å². The van der Waals surface area contributed by atoms with E-state index in [0.29, 0.717) is 24.7 Å². The zero-order valence-corrected chi connectivity index (χ0v) is 15.8. The Morgan fingerprint density at radius 3 is 2.71 bits per heavy atom. The van der Waals surface area contributed by atoms with Gasteiger partial charge in [-0.3, -0.25) is 20.2 Å². The summed E-state index contributed by atoms with van der Waals surface area (Å²) in [5.41, 5.74) is 0.206. The first-order valence-corrected chi connectivity index (χ1v) is 8.99. The van der Waals surface area contributed by atoms with E-state index in [1.807, 2.05) is 10.2 Å². The number of nitro groups is 1. The summed E-state index contributed by atoms with van der Waals surface area (Å²) < 4.78 is 9.34. The van der Waals surface area contributed by atoms with Crippen LogP contribution in [0.2, 0.25) is 0 Å². The van der Waals surface area contributed by atoms with Gasteiger partial charge in [-0.25, -0.2) is 9.59 Å². The number of carbonyl (C=O) groups excluding carboxylic acids is 3. The molecule has 1 aliphatic heterocycles. The molecular formula is C18H23N3O7. The topological polar surface area (TPSA) is 128 Å². The highest BCUT2D eigenvalue weighted by atomic mass is 16.6. The van der Waals surface area contributed by atoms with Crippen molar-refractivity contribution in [2.24, 2.45) is 5.92 Å². The normalized spacial score (nSPS) is 16.2. The number of carbonyl (C=O) groups is 3. The van der Waals surface area contributed by atoms with Crippen LogP contribution in [0.25, 0.3) is 0 Å². The van der Waals surface area contributed by atoms with Crippen molar-refractivity contribution in [2.75, 3.05) is 31.2 Å². The Morgan fingerprint density at radius 1 is 1.32 bits per heavy atom. The molecule has 10 nitrogen and oxygen atoms in total. The lowest BCUT2D eigenvalue weighted by Crippen LogP contribution is -2.35. The van der Waals surface area contributed by atoms with Crippen LogP contribution < -0.4 is 10.2 Å². The lowest BCUT2D eigenvalue weighted by atomic mass is 9.99. The fourth-order valence-electron chi connectivity index (χ4n) is 3.00. The molecule has 0 saturated carbocycles. The van der Waals surface area contributed by atoms with Crippen LogP contribution in [0.3, 0.4) is 0 Å². The highest BCUT2D eigenvalue weighted by Crippen LogP contribution is 2.32. The number of piperidine rings is 1. The molecule has 152 valence electrons. The van der Waals surface area contributed by atoms with Gasteiger partial charge in [0.15, 0.2) is 6.61 Å². The molecule has 1 aliphatic rings. The first kappa shape index (κ1) is 21.1. The van der Waals surface area contributed by atoms with Gasteiger partial charge >= 0.3 is 12.1 Å². The largest absolute Gasteiger partial charge is 0.452 e. The standard InChI is InChI=1S/C18H23N3O7/c1-3-27-18(24)19-16(22)11-28-17(23)13-6-7-14(15(9-13)21(25)26)20-8-4-5-12(2)10-20/h6-7,9,12H,3-5,8,10-11H2,1-2H3,(H,19,22,24). The Hall–Kier alpha value is -3.17. The molecule has 0 aromatic heterocycles. The third-order valence-electron chi connectivity index (χ3n) is 4.26. The number of imide groups is 1. The Balaban J connectivity index is 2.06. The molecule has 1 aromatic rings. The summed E-state index contributed by atoms with van der Waals surface area (Å²) in [4.78, 5) is 47.6. The predicted octanol–water partition coefficient (Wildman–Crippen LogP) is 2.26. The molecule has 2 rings (SSSR count). The zero-order valence-electron chi connectivity index (χ0n) is 15.8. The summed E-state index contributed by atoms with van der Waals surface area (Å²) in [5.74, 6) is -1.34. The van der Waals surface area contributed by atoms with E-state index >= 15 is 0 Å². The maximum absolute atomic E-state index is 12.1. The number of nitrogens with one attached hydrogen (secondary N) is 1. The highest BCUT2D eigenvalue weighted by molar-refractivity contribution is 5.96. The third kappa shape index (κ3) is 5.66. The molecule has 0 spiro atoms. The molecule has 1 atom stereocenters. The molecule has 2 amide bonds. The van der Waals surface area contributed by atoms with Crippen LogP contribution in [0, 0.1) is 16.0 Å². The summed E-state index contributed by atoms with van der Waals surface area (Å²) in [6, 6.07) is 4.08. The van der Waals surface area contributed by atoms with Crippen LogP contribution in [0.1, 0.15) is 37.0 Å². The van der Waals surface area contributed by atoms with E-state index in [9.17, 15) is 24.5 Å². The number of alkyl carbamates (subject to hydrolysis) is 1. The Labute approximate surface area is 161 Å². The molecule has 1 saturated heterocycles. The van der Waals surface area contributed by atoms with Crippen molar-refractivity contribution in [1.29, 1.82) is 0 Å². The number of hydrogen-bond donors (Lipinski definition) is 1. The number of ether oxygens (including phenoxy) is 2. The number of anilines is 1. The third-order valence-corrected chi connectivity index (χ3v) is 4.26. The van der Waals surface area contributed by atoms with E-state index < -0.39 is 29.5 Å². The van der Waals surface area contributed by atoms with Gasteiger partial charge in [0.05, 0.1) is 17.1 Å². The van der Waals surface area contributed by atoms with E-state index in [4.69, 9.17) is 4.74 Å². The van der Waals surface area contributed by atoms with Gasteiger partial charge in [0.2, 0.25) is 0 Å². The molecule has 28 heavy (non-hydrogen) atoms. The fourth-order valence-corrected chi connectivity index (χ4v) is 3.00. The lowest BCUT2D eigenvalue weighted by molar-refractivity contribution is -0.384. The highest BCUT2D eigenvalue weighted by Gasteiger charge is 2.25. The summed E-state index contributed by atoms with van der Waals surface area (Å²) in [5, 5.41) is 13.4. The second-order valence-corrected chi connectivity index (χ2v) is 6.50. The molecule has 1 heterocycles. The quantitative estimate of drug-likeness (QED) is 0.443. The van der Waals surface area contributed by atoms with Gasteiger partial charge in [-0.1, -0.05) is 6.92 Å². The number of benzene rings is 1. The van der Waals surface area contributed by atoms with Crippen LogP contribution in [-0.4, -0.2) is 49.2 Å². The second-order valence-electron chi connectivity index (χ2n) is 6.50. The smallest absolute Gasteiger partial charge is 0.413 e. The fraction of sp³-hybridized carbons (Fsp3) is 0.500. The van der Waals surface area contributed by atoms with Crippen molar-refractivity contribution in [3.8, 4) is 0 Å². The second kappa shape index (κ2) is 9.67. The molecular weight excluding hydrogens is 370 g/mol. The number of hydrogen-bond acceptors (Lipinski definition) is 8. The summed E-state index contributed by atoms with van der Waals surface area (Å²) in [7, 11) is 0. The summed E-state index contributed by atoms with van der Waals surface area (Å²) >= 11 is 0. The molecule has 1 unspecified atom stereocenters. The van der Waals surface area contributed by atoms with E-state index in [0.717, 1.165) is 18.9 Å². The van der Waals surface area contributed by atoms with Gasteiger partial charge in [-0.15, -0.1) is 0 Å². The lowest BCUT2D eigenvalue weighted by Gasteiger charge is -2.32. The van der Waals surface area contributed by atoms with Gasteiger partial charge in [0.1, 0.15) is 5.69 Å². The van der Waals surface area contributed by atoms with Crippen LogP contribution in [0.15, 0.2) is 18.2 Å². The molecule has 0 bridgehead atoms. The number of amides is 2. The average molecular weight is 393 g/mol. The minimum Gasteiger partial charge on any atom is -0.452 e. The SMILES string of the molecule is CCOC(=O)NC(=O)COC(=O)c1ccc(N2CCCC(C)C2)c([N+](=O)[O-])c1. The van der Waals surface area contributed by atoms with Gasteiger partial charge in [-0.05, 0) is 37.8 Å². The number of rotatable bonds is 6. The van der Waals surface area contributed by atoms with Crippen LogP contribution in [0.5, 0.6) is 0 Å². The predicted molar refractivity (Wildman–Crippen MR) is 99.2 cm³/mol. The van der Waals surface area contributed by atoms with E-state index in [2.05, 4.69) is 11.7 Å². The summed E-state index contributed by atoms with van der Waals surface area (Å²) in [6.45, 7) is 4.46. The van der Waals surface area contributed by atoms with Gasteiger partial charge in [0, 0.05) is 19.2 Å². The average Bonchev–Trinajstić information content (AvgIpc) is 2.65. The molecule has 0 aliphatic carbocycles. The number of nitrogens with zero attached hydrogens (tertiary/aromatic N) is 2. The maximum atomic E-state index is 12.1. The molecule has 0 radical (unpaired) electrons.